The molecule has 220 valence electrons. The Morgan fingerprint density at radius 1 is 1.02 bits per heavy atom. The second kappa shape index (κ2) is 13.0. The summed E-state index contributed by atoms with van der Waals surface area (Å²) in [5, 5.41) is 9.68. The highest BCUT2D eigenvalue weighted by Gasteiger charge is 2.29. The number of thiophene rings is 1. The summed E-state index contributed by atoms with van der Waals surface area (Å²) in [6, 6.07) is 12.6. The van der Waals surface area contributed by atoms with Gasteiger partial charge in [-0.3, -0.25) is 14.5 Å². The molecule has 5 rings (SSSR count). The second-order valence-corrected chi connectivity index (χ2v) is 14.3. The summed E-state index contributed by atoms with van der Waals surface area (Å²) in [5.74, 6) is 0.688. The molecule has 0 bridgehead atoms. The predicted molar refractivity (Wildman–Crippen MR) is 169 cm³/mol. The van der Waals surface area contributed by atoms with Gasteiger partial charge in [-0.2, -0.15) is 0 Å². The summed E-state index contributed by atoms with van der Waals surface area (Å²) >= 11 is 1.67. The van der Waals surface area contributed by atoms with Crippen molar-refractivity contribution in [1.82, 2.24) is 20.5 Å². The number of amides is 2. The van der Waals surface area contributed by atoms with E-state index in [4.69, 9.17) is 4.98 Å². The van der Waals surface area contributed by atoms with E-state index in [1.165, 1.54) is 32.1 Å². The molecule has 1 aromatic carbocycles. The largest absolute Gasteiger partial charge is 0.353 e. The van der Waals surface area contributed by atoms with Gasteiger partial charge in [0, 0.05) is 49.1 Å². The highest BCUT2D eigenvalue weighted by atomic mass is 32.1. The van der Waals surface area contributed by atoms with Gasteiger partial charge in [-0.1, -0.05) is 64.3 Å². The van der Waals surface area contributed by atoms with E-state index in [9.17, 15) is 9.59 Å². The minimum Gasteiger partial charge on any atom is -0.353 e. The molecular formula is C34H46N4O2S. The fourth-order valence-electron chi connectivity index (χ4n) is 6.53. The Hall–Kier alpha value is -2.77. The zero-order valence-electron chi connectivity index (χ0n) is 25.2. The van der Waals surface area contributed by atoms with Crippen LogP contribution in [0.15, 0.2) is 41.8 Å². The van der Waals surface area contributed by atoms with E-state index >= 15 is 0 Å². The molecule has 41 heavy (non-hydrogen) atoms. The molecule has 1 aliphatic heterocycles. The summed E-state index contributed by atoms with van der Waals surface area (Å²) < 4.78 is 0. The van der Waals surface area contributed by atoms with Crippen LogP contribution in [0.2, 0.25) is 0 Å². The Bertz CT molecular complexity index is 1330. The predicted octanol–water partition coefficient (Wildman–Crippen LogP) is 7.18. The third-order valence-corrected chi connectivity index (χ3v) is 9.59. The van der Waals surface area contributed by atoms with Crippen LogP contribution in [0, 0.1) is 11.3 Å². The SMILES string of the molecule is C[C@H](NC(=O)c1c(CN2CCC(NC(=O)CC(C)(C)C)CC2)c(-c2cccs2)nc2ccccc12)C1CCCCC1. The molecule has 2 aliphatic rings. The molecule has 1 aliphatic carbocycles. The number of para-hydroxylation sites is 1. The summed E-state index contributed by atoms with van der Waals surface area (Å²) in [6.07, 6.45) is 8.54. The first kappa shape index (κ1) is 29.7. The highest BCUT2D eigenvalue weighted by Crippen LogP contribution is 2.35. The Balaban J connectivity index is 1.41. The van der Waals surface area contributed by atoms with Crippen molar-refractivity contribution in [2.75, 3.05) is 13.1 Å². The van der Waals surface area contributed by atoms with Crippen molar-refractivity contribution in [1.29, 1.82) is 0 Å². The molecule has 0 radical (unpaired) electrons. The van der Waals surface area contributed by atoms with Gasteiger partial charge in [0.1, 0.15) is 0 Å². The molecule has 1 saturated heterocycles. The molecule has 2 N–H and O–H groups in total. The number of nitrogens with zero attached hydrogens (tertiary/aromatic N) is 2. The monoisotopic (exact) mass is 574 g/mol. The van der Waals surface area contributed by atoms with E-state index in [0.29, 0.717) is 18.9 Å². The molecule has 2 aromatic heterocycles. The van der Waals surface area contributed by atoms with E-state index < -0.39 is 0 Å². The van der Waals surface area contributed by atoms with E-state index in [-0.39, 0.29) is 29.3 Å². The van der Waals surface area contributed by atoms with Crippen molar-refractivity contribution in [3.05, 3.63) is 52.9 Å². The lowest BCUT2D eigenvalue weighted by Crippen LogP contribution is -2.45. The molecule has 6 nitrogen and oxygen atoms in total. The Morgan fingerprint density at radius 2 is 1.76 bits per heavy atom. The number of piperidine rings is 1. The number of aromatic nitrogens is 1. The average molecular weight is 575 g/mol. The number of fused-ring (bicyclic) bond motifs is 1. The van der Waals surface area contributed by atoms with Crippen LogP contribution < -0.4 is 10.6 Å². The molecule has 0 unspecified atom stereocenters. The number of carbonyl (C=O) groups excluding carboxylic acids is 2. The zero-order valence-corrected chi connectivity index (χ0v) is 26.0. The Labute approximate surface area is 249 Å². The lowest BCUT2D eigenvalue weighted by atomic mass is 9.84. The average Bonchev–Trinajstić information content (AvgIpc) is 3.48. The van der Waals surface area contributed by atoms with Gasteiger partial charge < -0.3 is 10.6 Å². The third-order valence-electron chi connectivity index (χ3n) is 8.72. The number of hydrogen-bond donors (Lipinski definition) is 2. The van der Waals surface area contributed by atoms with Crippen LogP contribution in [-0.2, 0) is 11.3 Å². The van der Waals surface area contributed by atoms with Crippen molar-refractivity contribution in [3.63, 3.8) is 0 Å². The van der Waals surface area contributed by atoms with Gasteiger partial charge in [0.25, 0.3) is 5.91 Å². The number of rotatable bonds is 8. The quantitative estimate of drug-likeness (QED) is 0.299. The maximum absolute atomic E-state index is 14.2. The summed E-state index contributed by atoms with van der Waals surface area (Å²) in [5.41, 5.74) is 3.53. The van der Waals surface area contributed by atoms with Gasteiger partial charge in [0.15, 0.2) is 0 Å². The van der Waals surface area contributed by atoms with Crippen LogP contribution in [0.5, 0.6) is 0 Å². The van der Waals surface area contributed by atoms with Crippen molar-refractivity contribution in [3.8, 4) is 10.6 Å². The van der Waals surface area contributed by atoms with Gasteiger partial charge in [0.05, 0.1) is 21.7 Å². The number of nitrogens with one attached hydrogen (secondary N) is 2. The first-order valence-corrected chi connectivity index (χ1v) is 16.3. The van der Waals surface area contributed by atoms with Crippen molar-refractivity contribution in [2.24, 2.45) is 11.3 Å². The van der Waals surface area contributed by atoms with Gasteiger partial charge in [-0.15, -0.1) is 11.3 Å². The summed E-state index contributed by atoms with van der Waals surface area (Å²) in [6.45, 7) is 10.9. The lowest BCUT2D eigenvalue weighted by Gasteiger charge is -2.34. The van der Waals surface area contributed by atoms with Crippen LogP contribution in [0.1, 0.15) is 95.0 Å². The first-order chi connectivity index (χ1) is 19.7. The molecule has 1 saturated carbocycles. The van der Waals surface area contributed by atoms with Crippen LogP contribution in [0.4, 0.5) is 0 Å². The third kappa shape index (κ3) is 7.55. The molecule has 2 amide bonds. The number of hydrogen-bond acceptors (Lipinski definition) is 5. The number of carbonyl (C=O) groups is 2. The number of pyridine rings is 1. The molecule has 1 atom stereocenters. The van der Waals surface area contributed by atoms with Crippen molar-refractivity contribution in [2.45, 2.75) is 97.7 Å². The minimum atomic E-state index is -0.0164. The van der Waals surface area contributed by atoms with Crippen LogP contribution in [0.3, 0.4) is 0 Å². The van der Waals surface area contributed by atoms with Crippen molar-refractivity contribution < 1.29 is 9.59 Å². The first-order valence-electron chi connectivity index (χ1n) is 15.5. The fraction of sp³-hybridized carbons (Fsp3) is 0.559. The van der Waals surface area contributed by atoms with Crippen molar-refractivity contribution >= 4 is 34.1 Å². The molecule has 3 aromatic rings. The maximum atomic E-state index is 14.2. The molecule has 2 fully saturated rings. The second-order valence-electron chi connectivity index (χ2n) is 13.3. The van der Waals surface area contributed by atoms with E-state index in [0.717, 1.165) is 58.5 Å². The highest BCUT2D eigenvalue weighted by molar-refractivity contribution is 7.13. The summed E-state index contributed by atoms with van der Waals surface area (Å²) in [4.78, 5) is 35.4. The lowest BCUT2D eigenvalue weighted by molar-refractivity contribution is -0.123. The molecule has 7 heteroatoms. The topological polar surface area (TPSA) is 74.3 Å². The van der Waals surface area contributed by atoms with Gasteiger partial charge in [-0.05, 0) is 61.5 Å². The van der Waals surface area contributed by atoms with Crippen LogP contribution in [0.25, 0.3) is 21.5 Å². The van der Waals surface area contributed by atoms with E-state index in [1.54, 1.807) is 11.3 Å². The Kier molecular flexibility index (Phi) is 9.45. The zero-order chi connectivity index (χ0) is 29.0. The van der Waals surface area contributed by atoms with Gasteiger partial charge in [0.2, 0.25) is 5.91 Å². The maximum Gasteiger partial charge on any atom is 0.252 e. The molecule has 0 spiro atoms. The van der Waals surface area contributed by atoms with E-state index in [2.05, 4.69) is 60.7 Å². The molecular weight excluding hydrogens is 528 g/mol. The van der Waals surface area contributed by atoms with Gasteiger partial charge in [-0.25, -0.2) is 4.98 Å². The Morgan fingerprint density at radius 3 is 2.44 bits per heavy atom. The standard InChI is InChI=1S/C34H46N4O2S/c1-23(24-11-6-5-7-12-24)35-33(40)31-26-13-8-9-14-28(26)37-32(29-15-10-20-41-29)27(31)22-38-18-16-25(17-19-38)36-30(39)21-34(2,3)4/h8-10,13-15,20,23-25H,5-7,11-12,16-19,21-22H2,1-4H3,(H,35,40)(H,36,39)/t23-/m0/s1. The number of benzene rings is 1. The molecule has 3 heterocycles. The fourth-order valence-corrected chi connectivity index (χ4v) is 7.27. The van der Waals surface area contributed by atoms with Crippen LogP contribution in [-0.4, -0.2) is 46.9 Å². The van der Waals surface area contributed by atoms with Gasteiger partial charge >= 0.3 is 0 Å². The van der Waals surface area contributed by atoms with Crippen LogP contribution >= 0.6 is 11.3 Å². The smallest absolute Gasteiger partial charge is 0.252 e. The summed E-state index contributed by atoms with van der Waals surface area (Å²) in [7, 11) is 0. The normalized spacial score (nSPS) is 18.3. The van der Waals surface area contributed by atoms with E-state index in [1.807, 2.05) is 24.3 Å². The number of likely N-dealkylation sites (tertiary alicyclic amines) is 1. The minimum absolute atomic E-state index is 0.0128.